The molecule has 1 heterocycles. The lowest BCUT2D eigenvalue weighted by atomic mass is 10.1. The van der Waals surface area contributed by atoms with Crippen molar-refractivity contribution in [2.45, 2.75) is 38.8 Å². The number of aliphatic carboxylic acids is 1. The Morgan fingerprint density at radius 1 is 1.71 bits per heavy atom. The molecule has 0 saturated carbocycles. The molecule has 82 valence electrons. The monoisotopic (exact) mass is 217 g/mol. The topological polar surface area (TPSA) is 40.5 Å². The van der Waals surface area contributed by atoms with Crippen molar-refractivity contribution < 1.29 is 9.90 Å². The van der Waals surface area contributed by atoms with Gasteiger partial charge in [0.15, 0.2) is 0 Å². The van der Waals surface area contributed by atoms with Crippen molar-refractivity contribution in [1.29, 1.82) is 0 Å². The number of carboxylic acid groups (broad SMARTS) is 1. The Balaban J connectivity index is 2.60. The van der Waals surface area contributed by atoms with Crippen LogP contribution in [0.25, 0.3) is 0 Å². The van der Waals surface area contributed by atoms with Gasteiger partial charge in [0.2, 0.25) is 0 Å². The predicted octanol–water partition coefficient (Wildman–Crippen LogP) is 1.68. The normalized spacial score (nSPS) is 26.0. The number of carbonyl (C=O) groups is 1. The summed E-state index contributed by atoms with van der Waals surface area (Å²) >= 11 is 1.92. The molecule has 0 bridgehead atoms. The van der Waals surface area contributed by atoms with Gasteiger partial charge in [0, 0.05) is 24.1 Å². The standard InChI is InChI=1S/C10H19NO2S/c1-3-4-9(10(12)13)11-5-6-14-7-8(11)2/h8-9H,3-7H2,1-2H3,(H,12,13). The molecule has 2 atom stereocenters. The maximum atomic E-state index is 11.1. The fourth-order valence-electron chi connectivity index (χ4n) is 1.91. The number of rotatable bonds is 4. The van der Waals surface area contributed by atoms with Crippen molar-refractivity contribution in [2.75, 3.05) is 18.1 Å². The van der Waals surface area contributed by atoms with E-state index in [4.69, 9.17) is 5.11 Å². The molecule has 1 N–H and O–H groups in total. The van der Waals surface area contributed by atoms with Gasteiger partial charge in [-0.05, 0) is 13.3 Å². The molecule has 0 amide bonds. The Labute approximate surface area is 89.9 Å². The summed E-state index contributed by atoms with van der Waals surface area (Å²) in [6.07, 6.45) is 1.71. The van der Waals surface area contributed by atoms with E-state index in [2.05, 4.69) is 11.8 Å². The molecular formula is C10H19NO2S. The van der Waals surface area contributed by atoms with Crippen LogP contribution in [0, 0.1) is 0 Å². The van der Waals surface area contributed by atoms with Gasteiger partial charge in [0.05, 0.1) is 0 Å². The first-order chi connectivity index (χ1) is 6.66. The van der Waals surface area contributed by atoms with E-state index in [1.54, 1.807) is 0 Å². The van der Waals surface area contributed by atoms with Gasteiger partial charge in [0.1, 0.15) is 6.04 Å². The molecule has 2 unspecified atom stereocenters. The van der Waals surface area contributed by atoms with Crippen LogP contribution < -0.4 is 0 Å². The lowest BCUT2D eigenvalue weighted by molar-refractivity contribution is -0.144. The number of nitrogens with zero attached hydrogens (tertiary/aromatic N) is 1. The third-order valence-corrected chi connectivity index (χ3v) is 3.86. The highest BCUT2D eigenvalue weighted by Gasteiger charge is 2.30. The molecule has 0 spiro atoms. The Morgan fingerprint density at radius 2 is 2.43 bits per heavy atom. The molecule has 3 nitrogen and oxygen atoms in total. The summed E-state index contributed by atoms with van der Waals surface area (Å²) in [5, 5.41) is 9.13. The summed E-state index contributed by atoms with van der Waals surface area (Å²) in [6, 6.07) is 0.136. The minimum atomic E-state index is -0.661. The van der Waals surface area contributed by atoms with Gasteiger partial charge >= 0.3 is 5.97 Å². The molecule has 1 rings (SSSR count). The first-order valence-corrected chi connectivity index (χ1v) is 6.38. The quantitative estimate of drug-likeness (QED) is 0.778. The van der Waals surface area contributed by atoms with E-state index in [0.29, 0.717) is 6.04 Å². The first kappa shape index (κ1) is 11.9. The smallest absolute Gasteiger partial charge is 0.320 e. The second-order valence-electron chi connectivity index (χ2n) is 3.80. The second kappa shape index (κ2) is 5.61. The number of hydrogen-bond acceptors (Lipinski definition) is 3. The first-order valence-electron chi connectivity index (χ1n) is 5.23. The third kappa shape index (κ3) is 2.89. The highest BCUT2D eigenvalue weighted by Crippen LogP contribution is 2.20. The summed E-state index contributed by atoms with van der Waals surface area (Å²) in [4.78, 5) is 13.2. The largest absolute Gasteiger partial charge is 0.480 e. The molecule has 1 fully saturated rings. The van der Waals surface area contributed by atoms with Gasteiger partial charge in [-0.25, -0.2) is 0 Å². The van der Waals surface area contributed by atoms with E-state index >= 15 is 0 Å². The van der Waals surface area contributed by atoms with Crippen LogP contribution in [-0.2, 0) is 4.79 Å². The summed E-state index contributed by atoms with van der Waals surface area (Å²) in [6.45, 7) is 5.08. The van der Waals surface area contributed by atoms with Crippen LogP contribution in [-0.4, -0.2) is 46.1 Å². The summed E-state index contributed by atoms with van der Waals surface area (Å²) < 4.78 is 0. The Morgan fingerprint density at radius 3 is 2.93 bits per heavy atom. The van der Waals surface area contributed by atoms with Gasteiger partial charge < -0.3 is 5.11 Å². The average Bonchev–Trinajstić information content (AvgIpc) is 2.15. The summed E-state index contributed by atoms with van der Waals surface area (Å²) in [7, 11) is 0. The maximum Gasteiger partial charge on any atom is 0.320 e. The number of hydrogen-bond donors (Lipinski definition) is 1. The molecule has 14 heavy (non-hydrogen) atoms. The molecule has 0 aromatic carbocycles. The minimum Gasteiger partial charge on any atom is -0.480 e. The minimum absolute atomic E-state index is 0.268. The van der Waals surface area contributed by atoms with Crippen molar-refractivity contribution in [2.24, 2.45) is 0 Å². The molecule has 1 saturated heterocycles. The van der Waals surface area contributed by atoms with Crippen LogP contribution >= 0.6 is 11.8 Å². The zero-order chi connectivity index (χ0) is 10.6. The third-order valence-electron chi connectivity index (χ3n) is 2.67. The van der Waals surface area contributed by atoms with Crippen LogP contribution in [0.1, 0.15) is 26.7 Å². The van der Waals surface area contributed by atoms with E-state index < -0.39 is 5.97 Å². The highest BCUT2D eigenvalue weighted by atomic mass is 32.2. The zero-order valence-electron chi connectivity index (χ0n) is 8.90. The van der Waals surface area contributed by atoms with E-state index in [-0.39, 0.29) is 6.04 Å². The van der Waals surface area contributed by atoms with Crippen molar-refractivity contribution in [1.82, 2.24) is 4.90 Å². The van der Waals surface area contributed by atoms with Crippen LogP contribution in [0.5, 0.6) is 0 Å². The Hall–Kier alpha value is -0.220. The molecule has 0 aromatic rings. The lowest BCUT2D eigenvalue weighted by Gasteiger charge is -2.37. The SMILES string of the molecule is CCCC(C(=O)O)N1CCSCC1C. The average molecular weight is 217 g/mol. The molecule has 1 aliphatic rings. The van der Waals surface area contributed by atoms with Crippen molar-refractivity contribution >= 4 is 17.7 Å². The molecule has 1 aliphatic heterocycles. The second-order valence-corrected chi connectivity index (χ2v) is 4.95. The van der Waals surface area contributed by atoms with E-state index in [1.807, 2.05) is 18.7 Å². The molecule has 0 aromatic heterocycles. The summed E-state index contributed by atoms with van der Waals surface area (Å²) in [5.41, 5.74) is 0. The van der Waals surface area contributed by atoms with Crippen LogP contribution in [0.4, 0.5) is 0 Å². The Bertz CT molecular complexity index is 199. The van der Waals surface area contributed by atoms with Gasteiger partial charge in [-0.3, -0.25) is 9.69 Å². The molecule has 4 heteroatoms. The van der Waals surface area contributed by atoms with Gasteiger partial charge in [-0.2, -0.15) is 11.8 Å². The van der Waals surface area contributed by atoms with Crippen molar-refractivity contribution in [3.8, 4) is 0 Å². The van der Waals surface area contributed by atoms with Gasteiger partial charge in [0.25, 0.3) is 0 Å². The maximum absolute atomic E-state index is 11.1. The van der Waals surface area contributed by atoms with Crippen molar-refractivity contribution in [3.63, 3.8) is 0 Å². The Kier molecular flexibility index (Phi) is 4.75. The van der Waals surface area contributed by atoms with Crippen molar-refractivity contribution in [3.05, 3.63) is 0 Å². The molecular weight excluding hydrogens is 198 g/mol. The van der Waals surface area contributed by atoms with E-state index in [1.165, 1.54) is 0 Å². The predicted molar refractivity (Wildman–Crippen MR) is 59.8 cm³/mol. The van der Waals surface area contributed by atoms with Gasteiger partial charge in [-0.15, -0.1) is 0 Å². The lowest BCUT2D eigenvalue weighted by Crippen LogP contribution is -2.50. The van der Waals surface area contributed by atoms with Gasteiger partial charge in [-0.1, -0.05) is 13.3 Å². The highest BCUT2D eigenvalue weighted by molar-refractivity contribution is 7.99. The van der Waals surface area contributed by atoms with E-state index in [9.17, 15) is 4.79 Å². The zero-order valence-corrected chi connectivity index (χ0v) is 9.72. The fraction of sp³-hybridized carbons (Fsp3) is 0.900. The molecule has 0 aliphatic carbocycles. The van der Waals surface area contributed by atoms with Crippen LogP contribution in [0.3, 0.4) is 0 Å². The summed E-state index contributed by atoms with van der Waals surface area (Å²) in [5.74, 6) is 1.47. The van der Waals surface area contributed by atoms with Crippen LogP contribution in [0.2, 0.25) is 0 Å². The number of carboxylic acids is 1. The molecule has 0 radical (unpaired) electrons. The fourth-order valence-corrected chi connectivity index (χ4v) is 2.95. The van der Waals surface area contributed by atoms with Crippen LogP contribution in [0.15, 0.2) is 0 Å². The van der Waals surface area contributed by atoms with E-state index in [0.717, 1.165) is 30.9 Å². The number of thioether (sulfide) groups is 1.